The Balaban J connectivity index is 1.90. The van der Waals surface area contributed by atoms with Crippen molar-refractivity contribution in [3.05, 3.63) is 57.9 Å². The lowest BCUT2D eigenvalue weighted by molar-refractivity contribution is -0.136. The third kappa shape index (κ3) is 4.62. The first-order chi connectivity index (χ1) is 12.5. The van der Waals surface area contributed by atoms with Crippen LogP contribution in [0.1, 0.15) is 11.8 Å². The molecular formula is C19H17BrN2O3S. The van der Waals surface area contributed by atoms with Gasteiger partial charge in [0, 0.05) is 20.6 Å². The summed E-state index contributed by atoms with van der Waals surface area (Å²) in [4.78, 5) is 16.6. The molecule has 1 aromatic heterocycles. The van der Waals surface area contributed by atoms with Crippen molar-refractivity contribution >= 4 is 44.1 Å². The lowest BCUT2D eigenvalue weighted by Gasteiger charge is -2.04. The maximum Gasteiger partial charge on any atom is 0.308 e. The number of carbonyl (C=O) groups is 1. The summed E-state index contributed by atoms with van der Waals surface area (Å²) in [6, 6.07) is 15.2. The molecule has 0 radical (unpaired) electrons. The van der Waals surface area contributed by atoms with Gasteiger partial charge in [0.15, 0.2) is 5.13 Å². The number of ether oxygens (including phenoxy) is 1. The summed E-state index contributed by atoms with van der Waals surface area (Å²) in [5, 5.41) is 13.1. The smallest absolute Gasteiger partial charge is 0.308 e. The molecule has 0 saturated carbocycles. The molecule has 0 amide bonds. The SMILES string of the molecule is CCOc1ccc(-c2nc(Nc3ccc(Br)cc3)sc2CC(=O)O)cc1. The van der Waals surface area contributed by atoms with Crippen molar-refractivity contribution in [2.75, 3.05) is 11.9 Å². The highest BCUT2D eigenvalue weighted by atomic mass is 79.9. The average Bonchev–Trinajstić information content (AvgIpc) is 2.99. The van der Waals surface area contributed by atoms with Crippen LogP contribution in [0.4, 0.5) is 10.8 Å². The highest BCUT2D eigenvalue weighted by Gasteiger charge is 2.16. The van der Waals surface area contributed by atoms with E-state index >= 15 is 0 Å². The molecule has 0 spiro atoms. The van der Waals surface area contributed by atoms with Crippen molar-refractivity contribution in [3.8, 4) is 17.0 Å². The molecule has 0 unspecified atom stereocenters. The summed E-state index contributed by atoms with van der Waals surface area (Å²) in [6.07, 6.45) is -0.0672. The highest BCUT2D eigenvalue weighted by molar-refractivity contribution is 9.10. The van der Waals surface area contributed by atoms with E-state index in [0.717, 1.165) is 21.5 Å². The first-order valence-corrected chi connectivity index (χ1v) is 9.63. The number of benzene rings is 2. The van der Waals surface area contributed by atoms with E-state index < -0.39 is 5.97 Å². The van der Waals surface area contributed by atoms with Crippen LogP contribution < -0.4 is 10.1 Å². The Morgan fingerprint density at radius 3 is 2.50 bits per heavy atom. The Labute approximate surface area is 163 Å². The van der Waals surface area contributed by atoms with Crippen molar-refractivity contribution in [2.45, 2.75) is 13.3 Å². The molecule has 134 valence electrons. The van der Waals surface area contributed by atoms with E-state index in [9.17, 15) is 9.90 Å². The summed E-state index contributed by atoms with van der Waals surface area (Å²) in [7, 11) is 0. The Morgan fingerprint density at radius 2 is 1.88 bits per heavy atom. The van der Waals surface area contributed by atoms with Gasteiger partial charge in [0.2, 0.25) is 0 Å². The highest BCUT2D eigenvalue weighted by Crippen LogP contribution is 2.34. The zero-order chi connectivity index (χ0) is 18.5. The molecule has 0 atom stereocenters. The minimum absolute atomic E-state index is 0.0672. The fourth-order valence-electron chi connectivity index (χ4n) is 2.42. The number of carboxylic acids is 1. The first-order valence-electron chi connectivity index (χ1n) is 8.02. The minimum atomic E-state index is -0.879. The molecule has 5 nitrogen and oxygen atoms in total. The largest absolute Gasteiger partial charge is 0.494 e. The second-order valence-electron chi connectivity index (χ2n) is 5.45. The van der Waals surface area contributed by atoms with Gasteiger partial charge in [-0.15, -0.1) is 11.3 Å². The zero-order valence-electron chi connectivity index (χ0n) is 14.0. The summed E-state index contributed by atoms with van der Waals surface area (Å²) >= 11 is 4.76. The molecule has 2 N–H and O–H groups in total. The maximum absolute atomic E-state index is 11.2. The second kappa shape index (κ2) is 8.33. The molecule has 0 bridgehead atoms. The molecule has 0 aliphatic heterocycles. The van der Waals surface area contributed by atoms with E-state index in [0.29, 0.717) is 22.3 Å². The van der Waals surface area contributed by atoms with Gasteiger partial charge in [-0.2, -0.15) is 0 Å². The molecule has 0 saturated heterocycles. The molecule has 7 heteroatoms. The van der Waals surface area contributed by atoms with E-state index in [4.69, 9.17) is 4.74 Å². The monoisotopic (exact) mass is 432 g/mol. The molecule has 0 aliphatic carbocycles. The fraction of sp³-hybridized carbons (Fsp3) is 0.158. The van der Waals surface area contributed by atoms with Gasteiger partial charge in [-0.25, -0.2) is 4.98 Å². The normalized spacial score (nSPS) is 10.5. The number of nitrogens with one attached hydrogen (secondary N) is 1. The Bertz CT molecular complexity index is 892. The molecular weight excluding hydrogens is 416 g/mol. The standard InChI is InChI=1S/C19H17BrN2O3S/c1-2-25-15-9-3-12(4-10-15)18-16(11-17(23)24)26-19(22-18)21-14-7-5-13(20)6-8-14/h3-10H,2,11H2,1H3,(H,21,22)(H,23,24). The number of nitrogens with zero attached hydrogens (tertiary/aromatic N) is 1. The third-order valence-electron chi connectivity index (χ3n) is 3.54. The first kappa shape index (κ1) is 18.4. The van der Waals surface area contributed by atoms with Crippen molar-refractivity contribution in [1.29, 1.82) is 0 Å². The lowest BCUT2D eigenvalue weighted by atomic mass is 10.1. The van der Waals surface area contributed by atoms with Crippen molar-refractivity contribution in [2.24, 2.45) is 0 Å². The maximum atomic E-state index is 11.2. The molecule has 0 aliphatic rings. The number of thiazole rings is 1. The molecule has 3 rings (SSSR count). The van der Waals surface area contributed by atoms with Crippen LogP contribution >= 0.6 is 27.3 Å². The summed E-state index contributed by atoms with van der Waals surface area (Å²) < 4.78 is 6.45. The fourth-order valence-corrected chi connectivity index (χ4v) is 3.68. The van der Waals surface area contributed by atoms with Crippen LogP contribution in [0.15, 0.2) is 53.0 Å². The number of hydrogen-bond acceptors (Lipinski definition) is 5. The van der Waals surface area contributed by atoms with E-state index in [2.05, 4.69) is 26.2 Å². The number of hydrogen-bond donors (Lipinski definition) is 2. The Hall–Kier alpha value is -2.38. The molecule has 26 heavy (non-hydrogen) atoms. The molecule has 3 aromatic rings. The van der Waals surface area contributed by atoms with Gasteiger partial charge in [0.1, 0.15) is 5.75 Å². The summed E-state index contributed by atoms with van der Waals surface area (Å²) in [6.45, 7) is 2.53. The Kier molecular flexibility index (Phi) is 5.90. The van der Waals surface area contributed by atoms with Gasteiger partial charge < -0.3 is 15.2 Å². The van der Waals surface area contributed by atoms with E-state index in [1.54, 1.807) is 0 Å². The number of halogens is 1. The van der Waals surface area contributed by atoms with Gasteiger partial charge in [-0.05, 0) is 55.5 Å². The number of anilines is 2. The van der Waals surface area contributed by atoms with Crippen LogP contribution in [0.5, 0.6) is 5.75 Å². The summed E-state index contributed by atoms with van der Waals surface area (Å²) in [5.41, 5.74) is 2.44. The van der Waals surface area contributed by atoms with Crippen LogP contribution in [-0.4, -0.2) is 22.7 Å². The quantitative estimate of drug-likeness (QED) is 0.526. The van der Waals surface area contributed by atoms with Crippen molar-refractivity contribution < 1.29 is 14.6 Å². The third-order valence-corrected chi connectivity index (χ3v) is 5.04. The molecule has 2 aromatic carbocycles. The average molecular weight is 433 g/mol. The molecule has 0 fully saturated rings. The van der Waals surface area contributed by atoms with Gasteiger partial charge in [-0.1, -0.05) is 15.9 Å². The van der Waals surface area contributed by atoms with Crippen LogP contribution in [0.25, 0.3) is 11.3 Å². The van der Waals surface area contributed by atoms with Crippen molar-refractivity contribution in [1.82, 2.24) is 4.98 Å². The van der Waals surface area contributed by atoms with Gasteiger partial charge >= 0.3 is 5.97 Å². The van der Waals surface area contributed by atoms with Gasteiger partial charge in [0.25, 0.3) is 0 Å². The van der Waals surface area contributed by atoms with Crippen LogP contribution in [0.2, 0.25) is 0 Å². The number of carboxylic acid groups (broad SMARTS) is 1. The molecule has 1 heterocycles. The second-order valence-corrected chi connectivity index (χ2v) is 7.45. The minimum Gasteiger partial charge on any atom is -0.494 e. The van der Waals surface area contributed by atoms with Gasteiger partial charge in [0.05, 0.1) is 18.7 Å². The van der Waals surface area contributed by atoms with Crippen LogP contribution in [0.3, 0.4) is 0 Å². The van der Waals surface area contributed by atoms with Gasteiger partial charge in [-0.3, -0.25) is 4.79 Å². The predicted octanol–water partition coefficient (Wildman–Crippen LogP) is 5.34. The van der Waals surface area contributed by atoms with Crippen LogP contribution in [0, 0.1) is 0 Å². The van der Waals surface area contributed by atoms with E-state index in [-0.39, 0.29) is 6.42 Å². The van der Waals surface area contributed by atoms with E-state index in [1.165, 1.54) is 11.3 Å². The number of aromatic nitrogens is 1. The summed E-state index contributed by atoms with van der Waals surface area (Å²) in [5.74, 6) is -0.101. The lowest BCUT2D eigenvalue weighted by Crippen LogP contribution is -1.99. The Morgan fingerprint density at radius 1 is 1.19 bits per heavy atom. The van der Waals surface area contributed by atoms with Crippen molar-refractivity contribution in [3.63, 3.8) is 0 Å². The number of aliphatic carboxylic acids is 1. The zero-order valence-corrected chi connectivity index (χ0v) is 16.4. The van der Waals surface area contributed by atoms with Crippen LogP contribution in [-0.2, 0) is 11.2 Å². The van der Waals surface area contributed by atoms with E-state index in [1.807, 2.05) is 55.5 Å². The topological polar surface area (TPSA) is 71.5 Å². The predicted molar refractivity (Wildman–Crippen MR) is 107 cm³/mol. The number of rotatable bonds is 7.